The van der Waals surface area contributed by atoms with E-state index in [1.807, 2.05) is 12.1 Å². The Morgan fingerprint density at radius 2 is 1.97 bits per heavy atom. The van der Waals surface area contributed by atoms with E-state index in [1.165, 1.54) is 23.5 Å². The molecule has 3 N–H and O–H groups in total. The molecule has 30 heavy (non-hydrogen) atoms. The second-order valence-electron chi connectivity index (χ2n) is 5.92. The number of hydrogen-bond acceptors (Lipinski definition) is 9. The minimum absolute atomic E-state index is 0.0780. The van der Waals surface area contributed by atoms with E-state index in [9.17, 15) is 19.7 Å². The SMILES string of the molecule is COc1ccc(-c2csc(NC(=O)COC(=O)c3ccc(N)c([N+](=O)[O-])c3)n2)cc1. The molecule has 0 aliphatic rings. The van der Waals surface area contributed by atoms with Crippen molar-refractivity contribution in [2.45, 2.75) is 0 Å². The number of methoxy groups -OCH3 is 1. The van der Waals surface area contributed by atoms with Crippen molar-refractivity contribution in [3.05, 3.63) is 63.5 Å². The largest absolute Gasteiger partial charge is 0.497 e. The molecule has 1 heterocycles. The maximum absolute atomic E-state index is 12.0. The van der Waals surface area contributed by atoms with E-state index in [1.54, 1.807) is 24.6 Å². The number of hydrogen-bond donors (Lipinski definition) is 2. The van der Waals surface area contributed by atoms with Gasteiger partial charge in [-0.25, -0.2) is 9.78 Å². The summed E-state index contributed by atoms with van der Waals surface area (Å²) >= 11 is 1.22. The molecule has 3 rings (SSSR count). The van der Waals surface area contributed by atoms with Crippen molar-refractivity contribution < 1.29 is 24.0 Å². The Labute approximate surface area is 174 Å². The van der Waals surface area contributed by atoms with E-state index >= 15 is 0 Å². The molecular weight excluding hydrogens is 412 g/mol. The summed E-state index contributed by atoms with van der Waals surface area (Å²) in [5, 5.41) is 15.6. The maximum atomic E-state index is 12.0. The molecule has 0 atom stereocenters. The van der Waals surface area contributed by atoms with E-state index in [4.69, 9.17) is 15.2 Å². The van der Waals surface area contributed by atoms with Gasteiger partial charge >= 0.3 is 5.97 Å². The molecule has 0 bridgehead atoms. The molecule has 0 spiro atoms. The van der Waals surface area contributed by atoms with Crippen LogP contribution in [0.2, 0.25) is 0 Å². The number of rotatable bonds is 7. The van der Waals surface area contributed by atoms with Crippen LogP contribution < -0.4 is 15.8 Å². The number of nitrogens with one attached hydrogen (secondary N) is 1. The summed E-state index contributed by atoms with van der Waals surface area (Å²) in [7, 11) is 1.58. The Kier molecular flexibility index (Phi) is 6.23. The molecule has 3 aromatic rings. The molecule has 154 valence electrons. The summed E-state index contributed by atoms with van der Waals surface area (Å²) in [6, 6.07) is 10.8. The Hall–Kier alpha value is -3.99. The molecule has 0 radical (unpaired) electrons. The van der Waals surface area contributed by atoms with Gasteiger partial charge < -0.3 is 15.2 Å². The zero-order valence-electron chi connectivity index (χ0n) is 15.7. The topological polar surface area (TPSA) is 147 Å². The van der Waals surface area contributed by atoms with E-state index < -0.39 is 29.1 Å². The Balaban J connectivity index is 1.57. The molecule has 0 unspecified atom stereocenters. The van der Waals surface area contributed by atoms with Crippen LogP contribution in [0.5, 0.6) is 5.75 Å². The Bertz CT molecular complexity index is 1100. The van der Waals surface area contributed by atoms with Gasteiger partial charge in [0.05, 0.1) is 23.3 Å². The molecule has 0 fully saturated rings. The van der Waals surface area contributed by atoms with Crippen molar-refractivity contribution in [1.29, 1.82) is 0 Å². The highest BCUT2D eigenvalue weighted by atomic mass is 32.1. The van der Waals surface area contributed by atoms with Crippen LogP contribution in [0.25, 0.3) is 11.3 Å². The van der Waals surface area contributed by atoms with Crippen LogP contribution in [0.4, 0.5) is 16.5 Å². The van der Waals surface area contributed by atoms with Gasteiger partial charge in [0.15, 0.2) is 11.7 Å². The number of nitrogens with two attached hydrogens (primary N) is 1. The number of nitrogen functional groups attached to an aromatic ring is 1. The van der Waals surface area contributed by atoms with Gasteiger partial charge in [0.1, 0.15) is 11.4 Å². The fourth-order valence-corrected chi connectivity index (χ4v) is 3.16. The highest BCUT2D eigenvalue weighted by Crippen LogP contribution is 2.26. The number of anilines is 2. The first-order valence-electron chi connectivity index (χ1n) is 8.48. The zero-order valence-corrected chi connectivity index (χ0v) is 16.5. The number of carbonyl (C=O) groups excluding carboxylic acids is 2. The molecule has 0 saturated carbocycles. The average molecular weight is 428 g/mol. The molecule has 1 amide bonds. The fourth-order valence-electron chi connectivity index (χ4n) is 2.42. The fraction of sp³-hybridized carbons (Fsp3) is 0.105. The van der Waals surface area contributed by atoms with Crippen molar-refractivity contribution in [3.63, 3.8) is 0 Å². The van der Waals surface area contributed by atoms with Crippen LogP contribution in [-0.2, 0) is 9.53 Å². The number of nitro groups is 1. The third-order valence-electron chi connectivity index (χ3n) is 3.93. The van der Waals surface area contributed by atoms with Crippen LogP contribution in [0.3, 0.4) is 0 Å². The van der Waals surface area contributed by atoms with Crippen LogP contribution >= 0.6 is 11.3 Å². The lowest BCUT2D eigenvalue weighted by atomic mass is 10.2. The standard InChI is InChI=1S/C19H16N4O6S/c1-28-13-5-2-11(3-6-13)15-10-30-19(21-15)22-17(24)9-29-18(25)12-4-7-14(20)16(8-12)23(26)27/h2-8,10H,9,20H2,1H3,(H,21,22,24). The second-order valence-corrected chi connectivity index (χ2v) is 6.78. The molecule has 0 aliphatic heterocycles. The van der Waals surface area contributed by atoms with Gasteiger partial charge in [0.2, 0.25) is 0 Å². The number of nitro benzene ring substituents is 1. The minimum atomic E-state index is -0.883. The highest BCUT2D eigenvalue weighted by molar-refractivity contribution is 7.14. The van der Waals surface area contributed by atoms with Crippen molar-refractivity contribution in [2.24, 2.45) is 0 Å². The van der Waals surface area contributed by atoms with Gasteiger partial charge in [-0.2, -0.15) is 0 Å². The lowest BCUT2D eigenvalue weighted by molar-refractivity contribution is -0.383. The summed E-state index contributed by atoms with van der Waals surface area (Å²) in [5.74, 6) is -0.758. The smallest absolute Gasteiger partial charge is 0.338 e. The molecule has 10 nitrogen and oxygen atoms in total. The van der Waals surface area contributed by atoms with Gasteiger partial charge in [0, 0.05) is 17.0 Å². The monoisotopic (exact) mass is 428 g/mol. The molecule has 1 aromatic heterocycles. The van der Waals surface area contributed by atoms with E-state index in [-0.39, 0.29) is 11.3 Å². The van der Waals surface area contributed by atoms with Crippen molar-refractivity contribution >= 4 is 39.7 Å². The predicted octanol–water partition coefficient (Wildman–Crippen LogP) is 3.10. The number of aromatic nitrogens is 1. The third kappa shape index (κ3) is 4.89. The number of amides is 1. The van der Waals surface area contributed by atoms with Gasteiger partial charge in [-0.05, 0) is 36.4 Å². The first-order chi connectivity index (χ1) is 14.4. The first-order valence-corrected chi connectivity index (χ1v) is 9.36. The molecular formula is C19H16N4O6S. The molecule has 0 saturated heterocycles. The van der Waals surface area contributed by atoms with Crippen molar-refractivity contribution in [3.8, 4) is 17.0 Å². The normalized spacial score (nSPS) is 10.3. The van der Waals surface area contributed by atoms with Crippen molar-refractivity contribution in [2.75, 3.05) is 24.8 Å². The van der Waals surface area contributed by atoms with Gasteiger partial charge in [-0.1, -0.05) is 0 Å². The number of thiazole rings is 1. The molecule has 2 aromatic carbocycles. The lowest BCUT2D eigenvalue weighted by Gasteiger charge is -2.05. The van der Waals surface area contributed by atoms with Crippen LogP contribution in [-0.4, -0.2) is 35.5 Å². The van der Waals surface area contributed by atoms with E-state index in [0.29, 0.717) is 10.8 Å². The summed E-state index contributed by atoms with van der Waals surface area (Å²) < 4.78 is 10.0. The number of nitrogens with zero attached hydrogens (tertiary/aromatic N) is 2. The maximum Gasteiger partial charge on any atom is 0.338 e. The molecule has 0 aliphatic carbocycles. The average Bonchev–Trinajstić information content (AvgIpc) is 3.20. The summed E-state index contributed by atoms with van der Waals surface area (Å²) in [6.45, 7) is -0.575. The van der Waals surface area contributed by atoms with Gasteiger partial charge in [-0.3, -0.25) is 20.2 Å². The summed E-state index contributed by atoms with van der Waals surface area (Å²) in [4.78, 5) is 38.6. The van der Waals surface area contributed by atoms with E-state index in [2.05, 4.69) is 10.3 Å². The Morgan fingerprint density at radius 1 is 1.23 bits per heavy atom. The van der Waals surface area contributed by atoms with Gasteiger partial charge in [0.25, 0.3) is 11.6 Å². The zero-order chi connectivity index (χ0) is 21.7. The lowest BCUT2D eigenvalue weighted by Crippen LogP contribution is -2.21. The number of ether oxygens (including phenoxy) is 2. The number of benzene rings is 2. The summed E-state index contributed by atoms with van der Waals surface area (Å²) in [5.41, 5.74) is 6.43. The number of esters is 1. The first kappa shape index (κ1) is 20.7. The predicted molar refractivity (Wildman–Crippen MR) is 111 cm³/mol. The minimum Gasteiger partial charge on any atom is -0.497 e. The third-order valence-corrected chi connectivity index (χ3v) is 4.69. The van der Waals surface area contributed by atoms with Crippen LogP contribution in [0, 0.1) is 10.1 Å². The van der Waals surface area contributed by atoms with Gasteiger partial charge in [-0.15, -0.1) is 11.3 Å². The Morgan fingerprint density at radius 3 is 2.63 bits per heavy atom. The number of carbonyl (C=O) groups is 2. The van der Waals surface area contributed by atoms with E-state index in [0.717, 1.165) is 17.4 Å². The second kappa shape index (κ2) is 9.01. The summed E-state index contributed by atoms with van der Waals surface area (Å²) in [6.07, 6.45) is 0. The van der Waals surface area contributed by atoms with Crippen molar-refractivity contribution in [1.82, 2.24) is 4.98 Å². The van der Waals surface area contributed by atoms with Crippen LogP contribution in [0.15, 0.2) is 47.8 Å². The quantitative estimate of drug-likeness (QED) is 0.252. The van der Waals surface area contributed by atoms with Crippen LogP contribution in [0.1, 0.15) is 10.4 Å². The molecule has 11 heteroatoms. The highest BCUT2D eigenvalue weighted by Gasteiger charge is 2.18.